The minimum absolute atomic E-state index is 0.0270. The molecule has 0 aliphatic carbocycles. The van der Waals surface area contributed by atoms with Gasteiger partial charge in [-0.05, 0) is 18.2 Å². The monoisotopic (exact) mass is 291 g/mol. The normalized spacial score (nSPS) is 10.1. The summed E-state index contributed by atoms with van der Waals surface area (Å²) in [6, 6.07) is 10.7. The second-order valence-corrected chi connectivity index (χ2v) is 4.34. The molecule has 2 aromatic carbocycles. The van der Waals surface area contributed by atoms with Crippen molar-refractivity contribution in [3.05, 3.63) is 63.2 Å². The number of nitrogens with zero attached hydrogens (tertiary/aromatic N) is 1. The number of anilines is 2. The number of halogens is 1. The van der Waals surface area contributed by atoms with E-state index in [1.807, 2.05) is 0 Å². The number of carbonyl (C=O) groups is 1. The third kappa shape index (κ3) is 2.70. The molecule has 0 heterocycles. The van der Waals surface area contributed by atoms with E-state index >= 15 is 0 Å². The molecule has 7 heteroatoms. The van der Waals surface area contributed by atoms with E-state index in [1.165, 1.54) is 18.2 Å². The number of carbonyl (C=O) groups excluding carboxylic acids is 1. The van der Waals surface area contributed by atoms with Gasteiger partial charge >= 0.3 is 0 Å². The summed E-state index contributed by atoms with van der Waals surface area (Å²) in [5.74, 6) is -0.556. The van der Waals surface area contributed by atoms with Crippen molar-refractivity contribution in [2.24, 2.45) is 0 Å². The maximum Gasteiger partial charge on any atom is 0.292 e. The number of nitrogen functional groups attached to an aromatic ring is 1. The first-order chi connectivity index (χ1) is 9.50. The number of nitro groups is 1. The van der Waals surface area contributed by atoms with Crippen molar-refractivity contribution in [3.8, 4) is 0 Å². The minimum Gasteiger partial charge on any atom is -0.393 e. The standard InChI is InChI=1S/C13H10ClN3O3/c14-9-5-1-2-6-10(9)16-13(18)8-4-3-7-11(12(8)15)17(19)20/h1-7H,15H2,(H,16,18). The van der Waals surface area contributed by atoms with Crippen LogP contribution in [0.1, 0.15) is 10.4 Å². The van der Waals surface area contributed by atoms with Gasteiger partial charge in [-0.25, -0.2) is 0 Å². The zero-order valence-corrected chi connectivity index (χ0v) is 10.9. The maximum atomic E-state index is 12.1. The van der Waals surface area contributed by atoms with Crippen LogP contribution in [0.15, 0.2) is 42.5 Å². The summed E-state index contributed by atoms with van der Waals surface area (Å²) in [6.45, 7) is 0. The van der Waals surface area contributed by atoms with E-state index in [9.17, 15) is 14.9 Å². The number of nitrogens with one attached hydrogen (secondary N) is 1. The zero-order valence-electron chi connectivity index (χ0n) is 10.2. The van der Waals surface area contributed by atoms with E-state index in [0.717, 1.165) is 0 Å². The van der Waals surface area contributed by atoms with Crippen molar-refractivity contribution >= 4 is 34.6 Å². The molecule has 0 unspecified atom stereocenters. The second kappa shape index (κ2) is 5.58. The Kier molecular flexibility index (Phi) is 3.86. The molecule has 1 amide bonds. The zero-order chi connectivity index (χ0) is 14.7. The minimum atomic E-state index is -0.637. The lowest BCUT2D eigenvalue weighted by Crippen LogP contribution is -2.15. The van der Waals surface area contributed by atoms with Crippen LogP contribution in [0.4, 0.5) is 17.1 Å². The Morgan fingerprint density at radius 2 is 1.90 bits per heavy atom. The lowest BCUT2D eigenvalue weighted by atomic mass is 10.1. The largest absolute Gasteiger partial charge is 0.393 e. The number of nitrogens with two attached hydrogens (primary N) is 1. The number of hydrogen-bond donors (Lipinski definition) is 2. The molecule has 0 spiro atoms. The first-order valence-corrected chi connectivity index (χ1v) is 5.97. The predicted octanol–water partition coefficient (Wildman–Crippen LogP) is 3.08. The van der Waals surface area contributed by atoms with Crippen molar-refractivity contribution in [2.75, 3.05) is 11.1 Å². The Labute approximate surface area is 119 Å². The summed E-state index contributed by atoms with van der Waals surface area (Å²) in [6.07, 6.45) is 0. The van der Waals surface area contributed by atoms with Crippen molar-refractivity contribution in [1.82, 2.24) is 0 Å². The molecule has 0 bridgehead atoms. The Morgan fingerprint density at radius 1 is 1.20 bits per heavy atom. The van der Waals surface area contributed by atoms with Gasteiger partial charge in [0.05, 0.1) is 21.2 Å². The molecule has 3 N–H and O–H groups in total. The first-order valence-electron chi connectivity index (χ1n) is 5.59. The topological polar surface area (TPSA) is 98.3 Å². The Hall–Kier alpha value is -2.60. The Bertz CT molecular complexity index is 688. The third-order valence-corrected chi connectivity index (χ3v) is 2.98. The number of para-hydroxylation sites is 2. The molecule has 20 heavy (non-hydrogen) atoms. The van der Waals surface area contributed by atoms with Gasteiger partial charge in [-0.15, -0.1) is 0 Å². The highest BCUT2D eigenvalue weighted by Gasteiger charge is 2.19. The van der Waals surface area contributed by atoms with Crippen LogP contribution in [-0.4, -0.2) is 10.8 Å². The van der Waals surface area contributed by atoms with Gasteiger partial charge in [0.25, 0.3) is 11.6 Å². The van der Waals surface area contributed by atoms with Gasteiger partial charge in [-0.2, -0.15) is 0 Å². The van der Waals surface area contributed by atoms with Crippen molar-refractivity contribution in [2.45, 2.75) is 0 Å². The van der Waals surface area contributed by atoms with Crippen molar-refractivity contribution in [1.29, 1.82) is 0 Å². The van der Waals surface area contributed by atoms with Crippen LogP contribution in [0.5, 0.6) is 0 Å². The average molecular weight is 292 g/mol. The summed E-state index contributed by atoms with van der Waals surface area (Å²) in [5.41, 5.74) is 5.59. The molecule has 0 aromatic heterocycles. The summed E-state index contributed by atoms with van der Waals surface area (Å²) in [7, 11) is 0. The smallest absolute Gasteiger partial charge is 0.292 e. The highest BCUT2D eigenvalue weighted by atomic mass is 35.5. The molecule has 0 saturated heterocycles. The molecular formula is C13H10ClN3O3. The van der Waals surface area contributed by atoms with E-state index < -0.39 is 10.8 Å². The molecule has 2 rings (SSSR count). The summed E-state index contributed by atoms with van der Waals surface area (Å²) >= 11 is 5.92. The molecule has 102 valence electrons. The number of nitro benzene ring substituents is 1. The van der Waals surface area contributed by atoms with Crippen LogP contribution in [0.25, 0.3) is 0 Å². The van der Waals surface area contributed by atoms with Crippen LogP contribution in [0.2, 0.25) is 5.02 Å². The fraction of sp³-hybridized carbons (Fsp3) is 0. The number of rotatable bonds is 3. The van der Waals surface area contributed by atoms with Crippen LogP contribution >= 0.6 is 11.6 Å². The maximum absolute atomic E-state index is 12.1. The van der Waals surface area contributed by atoms with E-state index in [0.29, 0.717) is 10.7 Å². The lowest BCUT2D eigenvalue weighted by Gasteiger charge is -2.08. The fourth-order valence-electron chi connectivity index (χ4n) is 1.66. The third-order valence-electron chi connectivity index (χ3n) is 2.65. The van der Waals surface area contributed by atoms with Gasteiger partial charge in [0.15, 0.2) is 0 Å². The lowest BCUT2D eigenvalue weighted by molar-refractivity contribution is -0.383. The molecule has 0 atom stereocenters. The molecule has 0 radical (unpaired) electrons. The van der Waals surface area contributed by atoms with Crippen LogP contribution < -0.4 is 11.1 Å². The van der Waals surface area contributed by atoms with Crippen LogP contribution in [0, 0.1) is 10.1 Å². The summed E-state index contributed by atoms with van der Waals surface area (Å²) < 4.78 is 0. The molecular weight excluding hydrogens is 282 g/mol. The predicted molar refractivity (Wildman–Crippen MR) is 76.9 cm³/mol. The van der Waals surface area contributed by atoms with Gasteiger partial charge in [-0.3, -0.25) is 14.9 Å². The molecule has 2 aromatic rings. The quantitative estimate of drug-likeness (QED) is 0.516. The van der Waals surface area contributed by atoms with E-state index in [2.05, 4.69) is 5.32 Å². The van der Waals surface area contributed by atoms with Gasteiger partial charge < -0.3 is 11.1 Å². The van der Waals surface area contributed by atoms with E-state index in [-0.39, 0.29) is 16.9 Å². The second-order valence-electron chi connectivity index (χ2n) is 3.93. The SMILES string of the molecule is Nc1c(C(=O)Nc2ccccc2Cl)cccc1[N+](=O)[O-]. The Morgan fingerprint density at radius 3 is 2.55 bits per heavy atom. The Balaban J connectivity index is 2.33. The molecule has 0 fully saturated rings. The number of hydrogen-bond acceptors (Lipinski definition) is 4. The van der Waals surface area contributed by atoms with Crippen molar-refractivity contribution in [3.63, 3.8) is 0 Å². The van der Waals surface area contributed by atoms with Gasteiger partial charge in [0.1, 0.15) is 5.69 Å². The van der Waals surface area contributed by atoms with Crippen molar-refractivity contribution < 1.29 is 9.72 Å². The number of amides is 1. The molecule has 0 saturated carbocycles. The van der Waals surface area contributed by atoms with Crippen LogP contribution in [0.3, 0.4) is 0 Å². The van der Waals surface area contributed by atoms with E-state index in [4.69, 9.17) is 17.3 Å². The van der Waals surface area contributed by atoms with E-state index in [1.54, 1.807) is 24.3 Å². The van der Waals surface area contributed by atoms with Gasteiger partial charge in [0.2, 0.25) is 0 Å². The summed E-state index contributed by atoms with van der Waals surface area (Å²) in [4.78, 5) is 22.2. The fourth-order valence-corrected chi connectivity index (χ4v) is 1.85. The average Bonchev–Trinajstić information content (AvgIpc) is 2.41. The molecule has 0 aliphatic heterocycles. The highest BCUT2D eigenvalue weighted by Crippen LogP contribution is 2.27. The van der Waals surface area contributed by atoms with Gasteiger partial charge in [-0.1, -0.05) is 29.8 Å². The van der Waals surface area contributed by atoms with Gasteiger partial charge in [0, 0.05) is 6.07 Å². The van der Waals surface area contributed by atoms with Crippen LogP contribution in [-0.2, 0) is 0 Å². The first kappa shape index (κ1) is 13.8. The highest BCUT2D eigenvalue weighted by molar-refractivity contribution is 6.34. The summed E-state index contributed by atoms with van der Waals surface area (Å²) in [5, 5.41) is 13.7. The number of benzene rings is 2. The molecule has 0 aliphatic rings. The molecule has 6 nitrogen and oxygen atoms in total.